The molecule has 1 N–H and O–H groups in total. The first kappa shape index (κ1) is 22.5. The van der Waals surface area contributed by atoms with Gasteiger partial charge < -0.3 is 5.32 Å². The van der Waals surface area contributed by atoms with Gasteiger partial charge in [-0.15, -0.1) is 11.8 Å². The van der Waals surface area contributed by atoms with Gasteiger partial charge in [-0.1, -0.05) is 68.8 Å². The minimum absolute atomic E-state index is 0.0687. The first-order chi connectivity index (χ1) is 14.3. The van der Waals surface area contributed by atoms with Crippen LogP contribution in [0, 0.1) is 0 Å². The third-order valence-corrected chi connectivity index (χ3v) is 6.16. The first-order valence-electron chi connectivity index (χ1n) is 10.1. The Kier molecular flexibility index (Phi) is 7.27. The Balaban J connectivity index is 1.83. The number of rotatable bonds is 7. The SMILES string of the molecule is CSc1ccc(C(CC(=O)c2ccc(C(C)(C)C)cc2)Nc2ccc(Cl)cc2)cc1. The van der Waals surface area contributed by atoms with Crippen molar-refractivity contribution in [3.05, 3.63) is 94.5 Å². The molecule has 0 aliphatic rings. The highest BCUT2D eigenvalue weighted by Gasteiger charge is 2.19. The lowest BCUT2D eigenvalue weighted by Gasteiger charge is -2.21. The van der Waals surface area contributed by atoms with Crippen LogP contribution in [0.25, 0.3) is 0 Å². The molecule has 0 spiro atoms. The van der Waals surface area contributed by atoms with E-state index >= 15 is 0 Å². The van der Waals surface area contributed by atoms with Crippen molar-refractivity contribution in [1.29, 1.82) is 0 Å². The van der Waals surface area contributed by atoms with E-state index in [4.69, 9.17) is 11.6 Å². The van der Waals surface area contributed by atoms with Crippen LogP contribution in [0.4, 0.5) is 5.69 Å². The van der Waals surface area contributed by atoms with E-state index < -0.39 is 0 Å². The zero-order valence-corrected chi connectivity index (χ0v) is 19.5. The molecule has 1 atom stereocenters. The van der Waals surface area contributed by atoms with Crippen molar-refractivity contribution in [3.8, 4) is 0 Å². The lowest BCUT2D eigenvalue weighted by atomic mass is 9.86. The normalized spacial score (nSPS) is 12.4. The van der Waals surface area contributed by atoms with E-state index in [-0.39, 0.29) is 17.2 Å². The number of carbonyl (C=O) groups excluding carboxylic acids is 1. The molecule has 0 aliphatic heterocycles. The maximum atomic E-state index is 13.1. The summed E-state index contributed by atoms with van der Waals surface area (Å²) in [5.41, 5.74) is 4.06. The van der Waals surface area contributed by atoms with Gasteiger partial charge in [0.1, 0.15) is 0 Å². The summed E-state index contributed by atoms with van der Waals surface area (Å²) in [6.45, 7) is 6.52. The summed E-state index contributed by atoms with van der Waals surface area (Å²) in [4.78, 5) is 14.3. The lowest BCUT2D eigenvalue weighted by Crippen LogP contribution is -2.16. The number of benzene rings is 3. The molecule has 0 amide bonds. The predicted octanol–water partition coefficient (Wildman–Crippen LogP) is 7.79. The molecule has 1 unspecified atom stereocenters. The van der Waals surface area contributed by atoms with Gasteiger partial charge in [0.05, 0.1) is 6.04 Å². The standard InChI is InChI=1S/C26H28ClNOS/c1-26(2,3)20-9-5-19(6-10-20)25(29)17-24(18-7-15-23(30-4)16-8-18)28-22-13-11-21(27)12-14-22/h5-16,24,28H,17H2,1-4H3. The van der Waals surface area contributed by atoms with E-state index in [2.05, 4.69) is 68.7 Å². The van der Waals surface area contributed by atoms with Crippen molar-refractivity contribution in [2.24, 2.45) is 0 Å². The Morgan fingerprint density at radius 2 is 1.53 bits per heavy atom. The van der Waals surface area contributed by atoms with E-state index in [9.17, 15) is 4.79 Å². The fraction of sp³-hybridized carbons (Fsp3) is 0.269. The van der Waals surface area contributed by atoms with Gasteiger partial charge in [0.2, 0.25) is 0 Å². The van der Waals surface area contributed by atoms with E-state index in [1.807, 2.05) is 36.4 Å². The number of halogens is 1. The summed E-state index contributed by atoms with van der Waals surface area (Å²) in [5, 5.41) is 4.20. The maximum absolute atomic E-state index is 13.1. The van der Waals surface area contributed by atoms with Crippen LogP contribution in [0.15, 0.2) is 77.7 Å². The summed E-state index contributed by atoms with van der Waals surface area (Å²) in [5.74, 6) is 0.121. The Bertz CT molecular complexity index is 974. The molecule has 0 saturated carbocycles. The highest BCUT2D eigenvalue weighted by Crippen LogP contribution is 2.28. The van der Waals surface area contributed by atoms with Crippen LogP contribution in [0.2, 0.25) is 5.02 Å². The lowest BCUT2D eigenvalue weighted by molar-refractivity contribution is 0.0976. The number of nitrogens with one attached hydrogen (secondary N) is 1. The first-order valence-corrected chi connectivity index (χ1v) is 11.7. The molecule has 0 bridgehead atoms. The second-order valence-electron chi connectivity index (χ2n) is 8.43. The topological polar surface area (TPSA) is 29.1 Å². The molecule has 0 radical (unpaired) electrons. The maximum Gasteiger partial charge on any atom is 0.165 e. The van der Waals surface area contributed by atoms with E-state index in [1.54, 1.807) is 11.8 Å². The molecule has 0 aromatic heterocycles. The largest absolute Gasteiger partial charge is 0.378 e. The molecule has 156 valence electrons. The number of thioether (sulfide) groups is 1. The quantitative estimate of drug-likeness (QED) is 0.302. The summed E-state index contributed by atoms with van der Waals surface area (Å²) in [7, 11) is 0. The van der Waals surface area contributed by atoms with Crippen molar-refractivity contribution in [2.45, 2.75) is 43.5 Å². The van der Waals surface area contributed by atoms with Crippen LogP contribution < -0.4 is 5.32 Å². The number of hydrogen-bond donors (Lipinski definition) is 1. The van der Waals surface area contributed by atoms with Gasteiger partial charge in [-0.05, 0) is 59.2 Å². The Morgan fingerprint density at radius 3 is 2.07 bits per heavy atom. The van der Waals surface area contributed by atoms with Gasteiger partial charge in [0.25, 0.3) is 0 Å². The number of anilines is 1. The average Bonchev–Trinajstić information content (AvgIpc) is 2.74. The molecule has 3 rings (SSSR count). The van der Waals surface area contributed by atoms with Gasteiger partial charge in [-0.25, -0.2) is 0 Å². The van der Waals surface area contributed by atoms with E-state index in [0.29, 0.717) is 11.4 Å². The second-order valence-corrected chi connectivity index (χ2v) is 9.75. The van der Waals surface area contributed by atoms with Crippen molar-refractivity contribution in [2.75, 3.05) is 11.6 Å². The Hall–Kier alpha value is -2.23. The average molecular weight is 438 g/mol. The Labute approximate surface area is 189 Å². The minimum atomic E-state index is -0.128. The number of ketones is 1. The van der Waals surface area contributed by atoms with Crippen LogP contribution in [0.1, 0.15) is 54.7 Å². The molecular weight excluding hydrogens is 410 g/mol. The van der Waals surface area contributed by atoms with Crippen LogP contribution >= 0.6 is 23.4 Å². The number of hydrogen-bond acceptors (Lipinski definition) is 3. The van der Waals surface area contributed by atoms with E-state index in [0.717, 1.165) is 16.8 Å². The Morgan fingerprint density at radius 1 is 0.933 bits per heavy atom. The molecule has 2 nitrogen and oxygen atoms in total. The molecule has 0 saturated heterocycles. The molecular formula is C26H28ClNOS. The van der Waals surface area contributed by atoms with Crippen molar-refractivity contribution < 1.29 is 4.79 Å². The van der Waals surface area contributed by atoms with Crippen LogP contribution in [0.3, 0.4) is 0 Å². The van der Waals surface area contributed by atoms with Crippen LogP contribution in [-0.2, 0) is 5.41 Å². The second kappa shape index (κ2) is 9.72. The molecule has 30 heavy (non-hydrogen) atoms. The van der Waals surface area contributed by atoms with Crippen LogP contribution in [-0.4, -0.2) is 12.0 Å². The summed E-state index contributed by atoms with van der Waals surface area (Å²) in [6.07, 6.45) is 2.43. The number of carbonyl (C=O) groups is 1. The van der Waals surface area contributed by atoms with Gasteiger partial charge >= 0.3 is 0 Å². The highest BCUT2D eigenvalue weighted by atomic mass is 35.5. The third-order valence-electron chi connectivity index (χ3n) is 5.17. The number of Topliss-reactive ketones (excluding diaryl/α,β-unsaturated/α-hetero) is 1. The smallest absolute Gasteiger partial charge is 0.165 e. The van der Waals surface area contributed by atoms with Gasteiger partial charge in [-0.3, -0.25) is 4.79 Å². The zero-order chi connectivity index (χ0) is 21.7. The predicted molar refractivity (Wildman–Crippen MR) is 130 cm³/mol. The van der Waals surface area contributed by atoms with Crippen molar-refractivity contribution in [1.82, 2.24) is 0 Å². The molecule has 3 aromatic carbocycles. The van der Waals surface area contributed by atoms with Crippen LogP contribution in [0.5, 0.6) is 0 Å². The molecule has 3 aromatic rings. The molecule has 4 heteroatoms. The molecule has 0 fully saturated rings. The third kappa shape index (κ3) is 5.90. The van der Waals surface area contributed by atoms with Crippen molar-refractivity contribution in [3.63, 3.8) is 0 Å². The van der Waals surface area contributed by atoms with Crippen molar-refractivity contribution >= 4 is 34.8 Å². The fourth-order valence-electron chi connectivity index (χ4n) is 3.30. The summed E-state index contributed by atoms with van der Waals surface area (Å²) in [6, 6.07) is 23.8. The van der Waals surface area contributed by atoms with Gasteiger partial charge in [0.15, 0.2) is 5.78 Å². The van der Waals surface area contributed by atoms with Gasteiger partial charge in [-0.2, -0.15) is 0 Å². The summed E-state index contributed by atoms with van der Waals surface area (Å²) >= 11 is 7.73. The van der Waals surface area contributed by atoms with E-state index in [1.165, 1.54) is 10.5 Å². The van der Waals surface area contributed by atoms with Gasteiger partial charge in [0, 0.05) is 27.6 Å². The monoisotopic (exact) mass is 437 g/mol. The molecule has 0 heterocycles. The fourth-order valence-corrected chi connectivity index (χ4v) is 3.83. The molecule has 0 aliphatic carbocycles. The minimum Gasteiger partial charge on any atom is -0.378 e. The highest BCUT2D eigenvalue weighted by molar-refractivity contribution is 7.98. The zero-order valence-electron chi connectivity index (χ0n) is 17.9. The summed E-state index contributed by atoms with van der Waals surface area (Å²) < 4.78 is 0.